The minimum absolute atomic E-state index is 0.432. The standard InChI is InChI=1S/C13H17N3O3/c1-17-7-8-4-9(10-5-13(14)16-15-10)12(19-3)6-11(8)18-2/h4-6H,7H2,1-3H3,(H3,14,15,16). The van der Waals surface area contributed by atoms with E-state index in [0.717, 1.165) is 22.6 Å². The van der Waals surface area contributed by atoms with Crippen LogP contribution in [-0.4, -0.2) is 31.5 Å². The number of benzene rings is 1. The third-order valence-corrected chi connectivity index (χ3v) is 2.79. The van der Waals surface area contributed by atoms with Crippen molar-refractivity contribution in [2.75, 3.05) is 27.1 Å². The van der Waals surface area contributed by atoms with Crippen molar-refractivity contribution in [1.82, 2.24) is 10.2 Å². The fraction of sp³-hybridized carbons (Fsp3) is 0.308. The van der Waals surface area contributed by atoms with Crippen LogP contribution in [0.3, 0.4) is 0 Å². The van der Waals surface area contributed by atoms with Crippen molar-refractivity contribution in [2.45, 2.75) is 6.61 Å². The summed E-state index contributed by atoms with van der Waals surface area (Å²) in [6.07, 6.45) is 0. The van der Waals surface area contributed by atoms with E-state index in [0.29, 0.717) is 18.2 Å². The molecule has 6 heteroatoms. The number of hydrogen-bond acceptors (Lipinski definition) is 5. The second-order valence-corrected chi connectivity index (χ2v) is 4.00. The van der Waals surface area contributed by atoms with Gasteiger partial charge in [0.1, 0.15) is 17.3 Å². The second kappa shape index (κ2) is 5.62. The molecule has 2 rings (SSSR count). The molecule has 0 unspecified atom stereocenters. The summed E-state index contributed by atoms with van der Waals surface area (Å²) in [4.78, 5) is 0. The van der Waals surface area contributed by atoms with E-state index in [4.69, 9.17) is 19.9 Å². The Kier molecular flexibility index (Phi) is 3.91. The first-order valence-corrected chi connectivity index (χ1v) is 5.74. The number of rotatable bonds is 5. The molecule has 1 aromatic heterocycles. The number of ether oxygens (including phenoxy) is 3. The molecule has 0 aliphatic carbocycles. The van der Waals surface area contributed by atoms with Crippen molar-refractivity contribution in [3.8, 4) is 22.8 Å². The molecule has 0 saturated heterocycles. The van der Waals surface area contributed by atoms with E-state index in [1.165, 1.54) is 0 Å². The zero-order chi connectivity index (χ0) is 13.8. The third kappa shape index (κ3) is 2.63. The highest BCUT2D eigenvalue weighted by atomic mass is 16.5. The number of aromatic nitrogens is 2. The van der Waals surface area contributed by atoms with Crippen LogP contribution in [0.25, 0.3) is 11.3 Å². The second-order valence-electron chi connectivity index (χ2n) is 4.00. The summed E-state index contributed by atoms with van der Waals surface area (Å²) >= 11 is 0. The summed E-state index contributed by atoms with van der Waals surface area (Å²) in [5.74, 6) is 1.83. The number of nitrogens with zero attached hydrogens (tertiary/aromatic N) is 1. The molecule has 1 heterocycles. The fourth-order valence-electron chi connectivity index (χ4n) is 1.92. The molecule has 0 spiro atoms. The van der Waals surface area contributed by atoms with Gasteiger partial charge in [0.2, 0.25) is 0 Å². The Bertz CT molecular complexity index is 566. The normalized spacial score (nSPS) is 10.5. The minimum Gasteiger partial charge on any atom is -0.496 e. The molecule has 0 fully saturated rings. The molecular formula is C13H17N3O3. The number of methoxy groups -OCH3 is 3. The molecule has 102 valence electrons. The van der Waals surface area contributed by atoms with E-state index >= 15 is 0 Å². The lowest BCUT2D eigenvalue weighted by Crippen LogP contribution is -1.97. The average Bonchev–Trinajstić information content (AvgIpc) is 2.85. The molecule has 0 aliphatic rings. The smallest absolute Gasteiger partial charge is 0.145 e. The van der Waals surface area contributed by atoms with Crippen LogP contribution < -0.4 is 15.2 Å². The molecule has 1 aromatic carbocycles. The summed E-state index contributed by atoms with van der Waals surface area (Å²) in [7, 11) is 4.85. The van der Waals surface area contributed by atoms with Crippen LogP contribution in [0.15, 0.2) is 18.2 Å². The van der Waals surface area contributed by atoms with Crippen LogP contribution >= 0.6 is 0 Å². The number of H-pyrrole nitrogens is 1. The number of nitrogen functional groups attached to an aromatic ring is 1. The van der Waals surface area contributed by atoms with Gasteiger partial charge in [-0.25, -0.2) is 0 Å². The number of nitrogens with one attached hydrogen (secondary N) is 1. The Balaban J connectivity index is 2.55. The Morgan fingerprint density at radius 1 is 1.11 bits per heavy atom. The lowest BCUT2D eigenvalue weighted by molar-refractivity contribution is 0.181. The average molecular weight is 263 g/mol. The summed E-state index contributed by atoms with van der Waals surface area (Å²) in [6, 6.07) is 5.51. The first-order valence-electron chi connectivity index (χ1n) is 5.74. The number of anilines is 1. The van der Waals surface area contributed by atoms with Gasteiger partial charge >= 0.3 is 0 Å². The number of nitrogens with two attached hydrogens (primary N) is 1. The molecule has 0 radical (unpaired) electrons. The molecule has 2 aromatic rings. The molecule has 6 nitrogen and oxygen atoms in total. The monoisotopic (exact) mass is 263 g/mol. The van der Waals surface area contributed by atoms with Gasteiger partial charge in [-0.1, -0.05) is 0 Å². The van der Waals surface area contributed by atoms with Gasteiger partial charge in [0, 0.05) is 30.4 Å². The molecular weight excluding hydrogens is 246 g/mol. The summed E-state index contributed by atoms with van der Waals surface area (Å²) in [5.41, 5.74) is 8.20. The summed E-state index contributed by atoms with van der Waals surface area (Å²) in [6.45, 7) is 0.448. The zero-order valence-corrected chi connectivity index (χ0v) is 11.2. The van der Waals surface area contributed by atoms with Gasteiger partial charge in [-0.05, 0) is 6.07 Å². The highest BCUT2D eigenvalue weighted by Crippen LogP contribution is 2.35. The molecule has 0 saturated carbocycles. The Hall–Kier alpha value is -2.21. The molecule has 19 heavy (non-hydrogen) atoms. The third-order valence-electron chi connectivity index (χ3n) is 2.79. The number of aromatic amines is 1. The van der Waals surface area contributed by atoms with Gasteiger partial charge in [0.15, 0.2) is 0 Å². The van der Waals surface area contributed by atoms with E-state index in [9.17, 15) is 0 Å². The SMILES string of the molecule is COCc1cc(-c2cc(N)n[nH]2)c(OC)cc1OC. The number of hydrogen-bond donors (Lipinski definition) is 2. The van der Waals surface area contributed by atoms with E-state index in [1.807, 2.05) is 12.1 Å². The van der Waals surface area contributed by atoms with Crippen LogP contribution in [0, 0.1) is 0 Å². The lowest BCUT2D eigenvalue weighted by atomic mass is 10.1. The molecule has 0 amide bonds. The fourth-order valence-corrected chi connectivity index (χ4v) is 1.92. The van der Waals surface area contributed by atoms with Crippen molar-refractivity contribution in [1.29, 1.82) is 0 Å². The van der Waals surface area contributed by atoms with Gasteiger partial charge < -0.3 is 19.9 Å². The zero-order valence-electron chi connectivity index (χ0n) is 11.2. The van der Waals surface area contributed by atoms with Crippen LogP contribution in [0.5, 0.6) is 11.5 Å². The van der Waals surface area contributed by atoms with E-state index in [-0.39, 0.29) is 0 Å². The van der Waals surface area contributed by atoms with Crippen molar-refractivity contribution < 1.29 is 14.2 Å². The molecule has 0 aliphatic heterocycles. The van der Waals surface area contributed by atoms with Crippen LogP contribution in [0.4, 0.5) is 5.82 Å². The Morgan fingerprint density at radius 3 is 2.37 bits per heavy atom. The van der Waals surface area contributed by atoms with Crippen LogP contribution in [0.2, 0.25) is 0 Å². The van der Waals surface area contributed by atoms with Crippen LogP contribution in [-0.2, 0) is 11.3 Å². The first-order chi connectivity index (χ1) is 9.19. The van der Waals surface area contributed by atoms with Crippen molar-refractivity contribution in [3.05, 3.63) is 23.8 Å². The van der Waals surface area contributed by atoms with Gasteiger partial charge in [-0.2, -0.15) is 5.10 Å². The maximum absolute atomic E-state index is 5.63. The summed E-state index contributed by atoms with van der Waals surface area (Å²) in [5, 5.41) is 6.79. The van der Waals surface area contributed by atoms with Crippen molar-refractivity contribution >= 4 is 5.82 Å². The predicted molar refractivity (Wildman–Crippen MR) is 72.3 cm³/mol. The molecule has 0 atom stereocenters. The van der Waals surface area contributed by atoms with Crippen molar-refractivity contribution in [2.24, 2.45) is 0 Å². The Labute approximate surface area is 111 Å². The quantitative estimate of drug-likeness (QED) is 0.859. The maximum Gasteiger partial charge on any atom is 0.145 e. The highest BCUT2D eigenvalue weighted by Gasteiger charge is 2.14. The Morgan fingerprint density at radius 2 is 1.84 bits per heavy atom. The van der Waals surface area contributed by atoms with E-state index < -0.39 is 0 Å². The van der Waals surface area contributed by atoms with E-state index in [1.54, 1.807) is 27.4 Å². The van der Waals surface area contributed by atoms with Crippen LogP contribution in [0.1, 0.15) is 5.56 Å². The maximum atomic E-state index is 5.63. The van der Waals surface area contributed by atoms with Gasteiger partial charge in [0.25, 0.3) is 0 Å². The minimum atomic E-state index is 0.432. The first kappa shape index (κ1) is 13.2. The molecule has 3 N–H and O–H groups in total. The highest BCUT2D eigenvalue weighted by molar-refractivity contribution is 5.71. The topological polar surface area (TPSA) is 82.4 Å². The van der Waals surface area contributed by atoms with Gasteiger partial charge in [0.05, 0.1) is 26.5 Å². The van der Waals surface area contributed by atoms with E-state index in [2.05, 4.69) is 10.2 Å². The molecule has 0 bridgehead atoms. The van der Waals surface area contributed by atoms with Gasteiger partial charge in [-0.3, -0.25) is 5.10 Å². The summed E-state index contributed by atoms with van der Waals surface area (Å²) < 4.78 is 15.9. The largest absolute Gasteiger partial charge is 0.496 e. The van der Waals surface area contributed by atoms with Gasteiger partial charge in [-0.15, -0.1) is 0 Å². The van der Waals surface area contributed by atoms with Crippen molar-refractivity contribution in [3.63, 3.8) is 0 Å². The predicted octanol–water partition coefficient (Wildman–Crippen LogP) is 1.82. The lowest BCUT2D eigenvalue weighted by Gasteiger charge is -2.13.